The normalized spacial score (nSPS) is 11.9. The summed E-state index contributed by atoms with van der Waals surface area (Å²) < 4.78 is 10.3. The van der Waals surface area contributed by atoms with E-state index in [-0.39, 0.29) is 12.4 Å². The Kier molecular flexibility index (Phi) is 4.54. The molecule has 1 aromatic heterocycles. The van der Waals surface area contributed by atoms with E-state index in [1.807, 2.05) is 0 Å². The molecule has 1 heterocycles. The number of hydrogen-bond acceptors (Lipinski definition) is 4. The van der Waals surface area contributed by atoms with Gasteiger partial charge in [0.05, 0.1) is 6.61 Å². The molecular weight excluding hydrogens is 278 g/mol. The minimum atomic E-state index is -0.698. The summed E-state index contributed by atoms with van der Waals surface area (Å²) in [6.07, 6.45) is 0. The number of carbonyl (C=O) groups is 2. The minimum absolute atomic E-state index is 0.142. The van der Waals surface area contributed by atoms with Gasteiger partial charge in [-0.3, -0.25) is 4.79 Å². The Morgan fingerprint density at radius 1 is 1.56 bits per heavy atom. The number of halogens is 1. The lowest BCUT2D eigenvalue weighted by molar-refractivity contribution is -0.144. The molecule has 1 aromatic rings. The molecule has 88 valence electrons. The minimum Gasteiger partial charge on any atom is -0.464 e. The molecule has 0 bridgehead atoms. The Balaban J connectivity index is 2.54. The van der Waals surface area contributed by atoms with Crippen molar-refractivity contribution in [1.29, 1.82) is 0 Å². The number of carbonyl (C=O) groups excluding carboxylic acids is 2. The van der Waals surface area contributed by atoms with Crippen LogP contribution in [0.25, 0.3) is 0 Å². The summed E-state index contributed by atoms with van der Waals surface area (Å²) in [6, 6.07) is 2.41. The number of rotatable bonds is 4. The van der Waals surface area contributed by atoms with E-state index in [0.717, 1.165) is 0 Å². The lowest BCUT2D eigenvalue weighted by Gasteiger charge is -2.11. The van der Waals surface area contributed by atoms with Gasteiger partial charge < -0.3 is 14.5 Å². The molecule has 0 fully saturated rings. The highest BCUT2D eigenvalue weighted by Crippen LogP contribution is 2.13. The summed E-state index contributed by atoms with van der Waals surface area (Å²) in [7, 11) is 0. The fourth-order valence-corrected chi connectivity index (χ4v) is 1.34. The van der Waals surface area contributed by atoms with E-state index >= 15 is 0 Å². The molecule has 16 heavy (non-hydrogen) atoms. The third-order valence-electron chi connectivity index (χ3n) is 1.78. The zero-order valence-electron chi connectivity index (χ0n) is 8.95. The van der Waals surface area contributed by atoms with Gasteiger partial charge >= 0.3 is 5.97 Å². The van der Waals surface area contributed by atoms with Crippen LogP contribution in [-0.4, -0.2) is 24.5 Å². The molecule has 1 unspecified atom stereocenters. The highest BCUT2D eigenvalue weighted by Gasteiger charge is 2.19. The van der Waals surface area contributed by atoms with Crippen molar-refractivity contribution in [1.82, 2.24) is 5.32 Å². The number of hydrogen-bond donors (Lipinski definition) is 1. The SMILES string of the molecule is CCOC(=O)C(C)NC(=O)c1ccc(Br)o1. The average Bonchev–Trinajstić information content (AvgIpc) is 2.65. The van der Waals surface area contributed by atoms with Crippen molar-refractivity contribution in [3.63, 3.8) is 0 Å². The van der Waals surface area contributed by atoms with Crippen molar-refractivity contribution >= 4 is 27.8 Å². The lowest BCUT2D eigenvalue weighted by Crippen LogP contribution is -2.39. The van der Waals surface area contributed by atoms with Crippen molar-refractivity contribution in [3.8, 4) is 0 Å². The molecule has 0 saturated carbocycles. The fraction of sp³-hybridized carbons (Fsp3) is 0.400. The van der Waals surface area contributed by atoms with Gasteiger partial charge in [0.1, 0.15) is 6.04 Å². The van der Waals surface area contributed by atoms with Gasteiger partial charge in [0.15, 0.2) is 10.4 Å². The maximum Gasteiger partial charge on any atom is 0.328 e. The van der Waals surface area contributed by atoms with Crippen LogP contribution in [0.4, 0.5) is 0 Å². The summed E-state index contributed by atoms with van der Waals surface area (Å²) >= 11 is 3.08. The second-order valence-electron chi connectivity index (χ2n) is 3.05. The fourth-order valence-electron chi connectivity index (χ4n) is 1.03. The molecule has 5 nitrogen and oxygen atoms in total. The molecule has 0 radical (unpaired) electrons. The largest absolute Gasteiger partial charge is 0.464 e. The molecule has 1 N–H and O–H groups in total. The van der Waals surface area contributed by atoms with Crippen LogP contribution in [0.3, 0.4) is 0 Å². The monoisotopic (exact) mass is 289 g/mol. The highest BCUT2D eigenvalue weighted by molar-refractivity contribution is 9.10. The Hall–Kier alpha value is -1.30. The first kappa shape index (κ1) is 12.8. The third-order valence-corrected chi connectivity index (χ3v) is 2.21. The first-order chi connectivity index (χ1) is 7.54. The van der Waals surface area contributed by atoms with Crippen LogP contribution in [0.1, 0.15) is 24.4 Å². The van der Waals surface area contributed by atoms with Gasteiger partial charge in [0, 0.05) is 0 Å². The van der Waals surface area contributed by atoms with Gasteiger partial charge in [-0.1, -0.05) is 0 Å². The van der Waals surface area contributed by atoms with Gasteiger partial charge in [-0.25, -0.2) is 4.79 Å². The van der Waals surface area contributed by atoms with E-state index in [4.69, 9.17) is 9.15 Å². The standard InChI is InChI=1S/C10H12BrNO4/c1-3-15-10(14)6(2)12-9(13)7-4-5-8(11)16-7/h4-6H,3H2,1-2H3,(H,12,13). The molecule has 1 rings (SSSR count). The highest BCUT2D eigenvalue weighted by atomic mass is 79.9. The van der Waals surface area contributed by atoms with Crippen LogP contribution in [0.5, 0.6) is 0 Å². The van der Waals surface area contributed by atoms with Crippen LogP contribution < -0.4 is 5.32 Å². The van der Waals surface area contributed by atoms with Crippen molar-refractivity contribution in [3.05, 3.63) is 22.6 Å². The summed E-state index contributed by atoms with van der Waals surface area (Å²) in [5.74, 6) is -0.782. The van der Waals surface area contributed by atoms with Gasteiger partial charge in [-0.05, 0) is 41.9 Å². The molecular formula is C10H12BrNO4. The van der Waals surface area contributed by atoms with Crippen molar-refractivity contribution < 1.29 is 18.7 Å². The predicted octanol–water partition coefficient (Wildman–Crippen LogP) is 1.72. The van der Waals surface area contributed by atoms with E-state index in [1.165, 1.54) is 6.07 Å². The zero-order valence-corrected chi connectivity index (χ0v) is 10.5. The van der Waals surface area contributed by atoms with Crippen LogP contribution in [0.15, 0.2) is 21.2 Å². The molecule has 0 aliphatic carbocycles. The van der Waals surface area contributed by atoms with E-state index < -0.39 is 17.9 Å². The number of esters is 1. The Morgan fingerprint density at radius 2 is 2.25 bits per heavy atom. The number of amides is 1. The summed E-state index contributed by atoms with van der Waals surface area (Å²) in [6.45, 7) is 3.54. The first-order valence-corrected chi connectivity index (χ1v) is 5.56. The Bertz CT molecular complexity index is 388. The molecule has 0 aromatic carbocycles. The molecule has 0 saturated heterocycles. The van der Waals surface area contributed by atoms with Crippen molar-refractivity contribution in [2.24, 2.45) is 0 Å². The first-order valence-electron chi connectivity index (χ1n) is 4.77. The van der Waals surface area contributed by atoms with Crippen LogP contribution in [-0.2, 0) is 9.53 Å². The molecule has 1 amide bonds. The smallest absolute Gasteiger partial charge is 0.328 e. The number of ether oxygens (including phenoxy) is 1. The maximum absolute atomic E-state index is 11.5. The summed E-state index contributed by atoms with van der Waals surface area (Å²) in [5.41, 5.74) is 0. The second-order valence-corrected chi connectivity index (χ2v) is 3.83. The van der Waals surface area contributed by atoms with Crippen LogP contribution >= 0.6 is 15.9 Å². The molecule has 0 aliphatic heterocycles. The van der Waals surface area contributed by atoms with E-state index in [9.17, 15) is 9.59 Å². The van der Waals surface area contributed by atoms with E-state index in [2.05, 4.69) is 21.2 Å². The van der Waals surface area contributed by atoms with Gasteiger partial charge in [-0.2, -0.15) is 0 Å². The van der Waals surface area contributed by atoms with Crippen molar-refractivity contribution in [2.75, 3.05) is 6.61 Å². The van der Waals surface area contributed by atoms with E-state index in [1.54, 1.807) is 19.9 Å². The average molecular weight is 290 g/mol. The Labute approximate surface area is 101 Å². The number of nitrogens with one attached hydrogen (secondary N) is 1. The zero-order chi connectivity index (χ0) is 12.1. The lowest BCUT2D eigenvalue weighted by atomic mass is 10.3. The van der Waals surface area contributed by atoms with Crippen molar-refractivity contribution in [2.45, 2.75) is 19.9 Å². The molecule has 0 spiro atoms. The molecule has 0 aliphatic rings. The maximum atomic E-state index is 11.5. The third kappa shape index (κ3) is 3.37. The summed E-state index contributed by atoms with van der Waals surface area (Å²) in [5, 5.41) is 2.47. The summed E-state index contributed by atoms with van der Waals surface area (Å²) in [4.78, 5) is 22.8. The van der Waals surface area contributed by atoms with Gasteiger partial charge in [-0.15, -0.1) is 0 Å². The predicted molar refractivity (Wildman–Crippen MR) is 60.0 cm³/mol. The van der Waals surface area contributed by atoms with E-state index in [0.29, 0.717) is 4.67 Å². The molecule has 6 heteroatoms. The van der Waals surface area contributed by atoms with Crippen LogP contribution in [0.2, 0.25) is 0 Å². The Morgan fingerprint density at radius 3 is 2.75 bits per heavy atom. The van der Waals surface area contributed by atoms with Gasteiger partial charge in [0.25, 0.3) is 5.91 Å². The quantitative estimate of drug-likeness (QED) is 0.857. The molecule has 1 atom stereocenters. The topological polar surface area (TPSA) is 68.5 Å². The van der Waals surface area contributed by atoms with Crippen LogP contribution in [0, 0.1) is 0 Å². The number of furan rings is 1. The second kappa shape index (κ2) is 5.69. The van der Waals surface area contributed by atoms with Gasteiger partial charge in [0.2, 0.25) is 0 Å².